The highest BCUT2D eigenvalue weighted by Gasteiger charge is 2.32. The van der Waals surface area contributed by atoms with Crippen LogP contribution in [-0.2, 0) is 4.79 Å². The summed E-state index contributed by atoms with van der Waals surface area (Å²) in [5, 5.41) is 3.39. The molecule has 0 aliphatic carbocycles. The first kappa shape index (κ1) is 16.7. The molecule has 2 aromatic heterocycles. The van der Waals surface area contributed by atoms with Crippen molar-refractivity contribution in [1.82, 2.24) is 15.2 Å². The van der Waals surface area contributed by atoms with Crippen LogP contribution in [0.4, 0.5) is 5.69 Å². The number of aromatic nitrogens is 1. The standard InChI is InChI=1S/C17H22N4O2S/c1-9(2)17(23)21-8-4-5-12(21)11-7-6-10-13(18)14(15(22)19-3)24-16(10)20-11/h6-7,9,12H,4-5,8,18H2,1-3H3,(H,19,22). The Bertz CT molecular complexity index is 799. The van der Waals surface area contributed by atoms with E-state index in [4.69, 9.17) is 10.7 Å². The van der Waals surface area contributed by atoms with E-state index in [-0.39, 0.29) is 23.8 Å². The number of anilines is 1. The Morgan fingerprint density at radius 1 is 1.42 bits per heavy atom. The predicted molar refractivity (Wildman–Crippen MR) is 95.9 cm³/mol. The molecule has 1 fully saturated rings. The van der Waals surface area contributed by atoms with Crippen molar-refractivity contribution in [1.29, 1.82) is 0 Å². The summed E-state index contributed by atoms with van der Waals surface area (Å²) < 4.78 is 0. The third kappa shape index (κ3) is 2.73. The van der Waals surface area contributed by atoms with E-state index in [1.807, 2.05) is 30.9 Å². The topological polar surface area (TPSA) is 88.3 Å². The lowest BCUT2D eigenvalue weighted by Gasteiger charge is -2.26. The molecule has 1 saturated heterocycles. The number of nitrogens with zero attached hydrogens (tertiary/aromatic N) is 2. The van der Waals surface area contributed by atoms with Gasteiger partial charge in [0.15, 0.2) is 0 Å². The van der Waals surface area contributed by atoms with Crippen LogP contribution < -0.4 is 11.1 Å². The van der Waals surface area contributed by atoms with Crippen LogP contribution in [0.1, 0.15) is 48.1 Å². The number of carbonyl (C=O) groups excluding carboxylic acids is 2. The van der Waals surface area contributed by atoms with Gasteiger partial charge in [0.05, 0.1) is 17.4 Å². The van der Waals surface area contributed by atoms with E-state index in [1.54, 1.807) is 7.05 Å². The summed E-state index contributed by atoms with van der Waals surface area (Å²) in [6, 6.07) is 3.85. The van der Waals surface area contributed by atoms with Crippen LogP contribution in [0.2, 0.25) is 0 Å². The summed E-state index contributed by atoms with van der Waals surface area (Å²) in [4.78, 5) is 32.2. The average Bonchev–Trinajstić information content (AvgIpc) is 3.18. The first-order valence-electron chi connectivity index (χ1n) is 8.15. The maximum absolute atomic E-state index is 12.4. The van der Waals surface area contributed by atoms with Crippen molar-refractivity contribution in [3.8, 4) is 0 Å². The van der Waals surface area contributed by atoms with Gasteiger partial charge in [-0.25, -0.2) is 4.98 Å². The van der Waals surface area contributed by atoms with E-state index in [0.717, 1.165) is 35.3 Å². The number of thiophene rings is 1. The second-order valence-electron chi connectivity index (χ2n) is 6.36. The third-order valence-corrected chi connectivity index (χ3v) is 5.53. The van der Waals surface area contributed by atoms with Crippen molar-refractivity contribution < 1.29 is 9.59 Å². The van der Waals surface area contributed by atoms with Gasteiger partial charge in [-0.2, -0.15) is 0 Å². The molecule has 1 aliphatic heterocycles. The molecule has 24 heavy (non-hydrogen) atoms. The van der Waals surface area contributed by atoms with Gasteiger partial charge in [-0.15, -0.1) is 11.3 Å². The highest BCUT2D eigenvalue weighted by atomic mass is 32.1. The lowest BCUT2D eigenvalue weighted by Crippen LogP contribution is -2.34. The molecule has 1 aliphatic rings. The molecule has 1 unspecified atom stereocenters. The molecule has 1 atom stereocenters. The van der Waals surface area contributed by atoms with E-state index in [0.29, 0.717) is 10.6 Å². The number of fused-ring (bicyclic) bond motifs is 1. The quantitative estimate of drug-likeness (QED) is 0.894. The SMILES string of the molecule is CNC(=O)c1sc2nc(C3CCCN3C(=O)C(C)C)ccc2c1N. The van der Waals surface area contributed by atoms with Gasteiger partial charge in [0.2, 0.25) is 5.91 Å². The van der Waals surface area contributed by atoms with Crippen molar-refractivity contribution in [3.05, 3.63) is 22.7 Å². The molecule has 3 heterocycles. The molecular formula is C17H22N4O2S. The summed E-state index contributed by atoms with van der Waals surface area (Å²) >= 11 is 1.29. The molecule has 0 spiro atoms. The Hall–Kier alpha value is -2.15. The Morgan fingerprint density at radius 2 is 2.17 bits per heavy atom. The lowest BCUT2D eigenvalue weighted by atomic mass is 10.1. The predicted octanol–water partition coefficient (Wildman–Crippen LogP) is 2.56. The summed E-state index contributed by atoms with van der Waals surface area (Å²) in [7, 11) is 1.58. The molecule has 3 rings (SSSR count). The summed E-state index contributed by atoms with van der Waals surface area (Å²) in [5.41, 5.74) is 7.42. The van der Waals surface area contributed by atoms with E-state index >= 15 is 0 Å². The minimum absolute atomic E-state index is 0.0103. The summed E-state index contributed by atoms with van der Waals surface area (Å²) in [6.45, 7) is 4.62. The normalized spacial score (nSPS) is 17.7. The van der Waals surface area contributed by atoms with Gasteiger partial charge in [-0.1, -0.05) is 13.8 Å². The monoisotopic (exact) mass is 346 g/mol. The number of hydrogen-bond donors (Lipinski definition) is 2. The molecule has 0 aromatic carbocycles. The number of likely N-dealkylation sites (tertiary alicyclic amines) is 1. The number of nitrogens with one attached hydrogen (secondary N) is 1. The van der Waals surface area contributed by atoms with Crippen LogP contribution >= 0.6 is 11.3 Å². The van der Waals surface area contributed by atoms with Crippen molar-refractivity contribution in [3.63, 3.8) is 0 Å². The van der Waals surface area contributed by atoms with Crippen LogP contribution in [-0.4, -0.2) is 35.3 Å². The van der Waals surface area contributed by atoms with Crippen molar-refractivity contribution in [2.45, 2.75) is 32.7 Å². The Morgan fingerprint density at radius 3 is 2.83 bits per heavy atom. The number of pyridine rings is 1. The lowest BCUT2D eigenvalue weighted by molar-refractivity contribution is -0.135. The van der Waals surface area contributed by atoms with E-state index < -0.39 is 0 Å². The molecule has 128 valence electrons. The molecule has 3 N–H and O–H groups in total. The first-order valence-corrected chi connectivity index (χ1v) is 8.97. The maximum Gasteiger partial charge on any atom is 0.263 e. The number of amides is 2. The van der Waals surface area contributed by atoms with Crippen molar-refractivity contribution >= 4 is 39.1 Å². The second kappa shape index (κ2) is 6.39. The molecule has 2 amide bonds. The van der Waals surface area contributed by atoms with Gasteiger partial charge in [0.1, 0.15) is 9.71 Å². The molecule has 0 bridgehead atoms. The van der Waals surface area contributed by atoms with Gasteiger partial charge in [-0.05, 0) is 25.0 Å². The number of nitrogen functional groups attached to an aromatic ring is 1. The van der Waals surface area contributed by atoms with Crippen LogP contribution in [0, 0.1) is 5.92 Å². The van der Waals surface area contributed by atoms with E-state index in [2.05, 4.69) is 5.32 Å². The zero-order valence-electron chi connectivity index (χ0n) is 14.1. The molecule has 0 radical (unpaired) electrons. The molecule has 6 nitrogen and oxygen atoms in total. The Kier molecular flexibility index (Phi) is 4.45. The van der Waals surface area contributed by atoms with Gasteiger partial charge < -0.3 is 16.0 Å². The minimum atomic E-state index is -0.200. The first-order chi connectivity index (χ1) is 11.4. The second-order valence-corrected chi connectivity index (χ2v) is 7.36. The Labute approximate surface area is 145 Å². The van der Waals surface area contributed by atoms with Gasteiger partial charge in [-0.3, -0.25) is 9.59 Å². The fraction of sp³-hybridized carbons (Fsp3) is 0.471. The van der Waals surface area contributed by atoms with E-state index in [9.17, 15) is 9.59 Å². The number of hydrogen-bond acceptors (Lipinski definition) is 5. The number of rotatable bonds is 3. The average molecular weight is 346 g/mol. The van der Waals surface area contributed by atoms with Crippen LogP contribution in [0.3, 0.4) is 0 Å². The highest BCUT2D eigenvalue weighted by molar-refractivity contribution is 7.21. The van der Waals surface area contributed by atoms with Crippen LogP contribution in [0.15, 0.2) is 12.1 Å². The molecule has 7 heteroatoms. The number of carbonyl (C=O) groups is 2. The van der Waals surface area contributed by atoms with Gasteiger partial charge in [0, 0.05) is 24.9 Å². The highest BCUT2D eigenvalue weighted by Crippen LogP contribution is 2.37. The molecule has 2 aromatic rings. The van der Waals surface area contributed by atoms with Gasteiger partial charge >= 0.3 is 0 Å². The third-order valence-electron chi connectivity index (χ3n) is 4.42. The largest absolute Gasteiger partial charge is 0.397 e. The van der Waals surface area contributed by atoms with Crippen molar-refractivity contribution in [2.75, 3.05) is 19.3 Å². The zero-order valence-corrected chi connectivity index (χ0v) is 14.9. The minimum Gasteiger partial charge on any atom is -0.397 e. The molecular weight excluding hydrogens is 324 g/mol. The summed E-state index contributed by atoms with van der Waals surface area (Å²) in [6.07, 6.45) is 1.90. The summed E-state index contributed by atoms with van der Waals surface area (Å²) in [5.74, 6) is -0.0581. The fourth-order valence-electron chi connectivity index (χ4n) is 3.15. The molecule has 0 saturated carbocycles. The van der Waals surface area contributed by atoms with Gasteiger partial charge in [0.25, 0.3) is 5.91 Å². The maximum atomic E-state index is 12.4. The van der Waals surface area contributed by atoms with Crippen LogP contribution in [0.5, 0.6) is 0 Å². The zero-order chi connectivity index (χ0) is 17.4. The van der Waals surface area contributed by atoms with Crippen LogP contribution in [0.25, 0.3) is 10.2 Å². The van der Waals surface area contributed by atoms with Crippen molar-refractivity contribution in [2.24, 2.45) is 5.92 Å². The fourth-order valence-corrected chi connectivity index (χ4v) is 4.20. The Balaban J connectivity index is 1.99. The number of nitrogens with two attached hydrogens (primary N) is 1. The van der Waals surface area contributed by atoms with E-state index in [1.165, 1.54) is 11.3 Å². The smallest absolute Gasteiger partial charge is 0.263 e.